The Morgan fingerprint density at radius 3 is 2.79 bits per heavy atom. The molecule has 1 aromatic carbocycles. The van der Waals surface area contributed by atoms with Gasteiger partial charge in [-0.3, -0.25) is 4.79 Å². The molecule has 2 fully saturated rings. The van der Waals surface area contributed by atoms with Crippen molar-refractivity contribution in [2.45, 2.75) is 44.1 Å². The van der Waals surface area contributed by atoms with Crippen LogP contribution in [0.3, 0.4) is 0 Å². The summed E-state index contributed by atoms with van der Waals surface area (Å²) in [5, 5.41) is 8.72. The molecule has 1 saturated carbocycles. The fourth-order valence-electron chi connectivity index (χ4n) is 3.32. The Morgan fingerprint density at radius 2 is 2.17 bits per heavy atom. The Hall–Kier alpha value is -1.59. The number of likely N-dealkylation sites (tertiary alicyclic amines) is 1. The van der Waals surface area contributed by atoms with E-state index in [0.717, 1.165) is 37.9 Å². The van der Waals surface area contributed by atoms with Crippen LogP contribution < -0.4 is 5.32 Å². The molecule has 0 spiro atoms. The number of hydrogen-bond acceptors (Lipinski definition) is 4. The number of amides is 1. The van der Waals surface area contributed by atoms with Crippen molar-refractivity contribution in [2.75, 3.05) is 19.6 Å². The first-order chi connectivity index (χ1) is 11.4. The maximum absolute atomic E-state index is 13.0. The van der Waals surface area contributed by atoms with Crippen molar-refractivity contribution in [2.24, 2.45) is 0 Å². The van der Waals surface area contributed by atoms with Crippen molar-refractivity contribution in [3.05, 3.63) is 28.9 Å². The number of rotatable bonds is 5. The molecule has 0 unspecified atom stereocenters. The SMILES string of the molecule is CC(C)(C(=O)NC1(CN2CCC2)CC1)c1noc2cccc(Cl)c12. The van der Waals surface area contributed by atoms with Crippen LogP contribution in [0, 0.1) is 0 Å². The molecule has 2 heterocycles. The lowest BCUT2D eigenvalue weighted by Gasteiger charge is -2.35. The van der Waals surface area contributed by atoms with Gasteiger partial charge in [0.2, 0.25) is 5.91 Å². The normalized spacial score (nSPS) is 20.0. The summed E-state index contributed by atoms with van der Waals surface area (Å²) >= 11 is 6.32. The fraction of sp³-hybridized carbons (Fsp3) is 0.556. The minimum atomic E-state index is -0.805. The molecule has 128 valence electrons. The number of aromatic nitrogens is 1. The van der Waals surface area contributed by atoms with Crippen molar-refractivity contribution in [1.82, 2.24) is 15.4 Å². The number of hydrogen-bond donors (Lipinski definition) is 1. The summed E-state index contributed by atoms with van der Waals surface area (Å²) in [6, 6.07) is 5.43. The van der Waals surface area contributed by atoms with E-state index in [4.69, 9.17) is 16.1 Å². The van der Waals surface area contributed by atoms with Crippen LogP contribution in [0.4, 0.5) is 0 Å². The molecular weight excluding hydrogens is 326 g/mol. The van der Waals surface area contributed by atoms with Crippen LogP contribution in [-0.2, 0) is 10.2 Å². The second kappa shape index (κ2) is 5.46. The molecule has 1 saturated heterocycles. The number of carbonyl (C=O) groups is 1. The minimum Gasteiger partial charge on any atom is -0.356 e. The quantitative estimate of drug-likeness (QED) is 0.902. The van der Waals surface area contributed by atoms with Crippen LogP contribution in [0.1, 0.15) is 38.8 Å². The molecule has 1 amide bonds. The predicted molar refractivity (Wildman–Crippen MR) is 93.2 cm³/mol. The van der Waals surface area contributed by atoms with Gasteiger partial charge < -0.3 is 14.7 Å². The van der Waals surface area contributed by atoms with Crippen LogP contribution in [0.5, 0.6) is 0 Å². The molecular formula is C18H22ClN3O2. The average molecular weight is 348 g/mol. The monoisotopic (exact) mass is 347 g/mol. The predicted octanol–water partition coefficient (Wildman–Crippen LogP) is 3.11. The number of carbonyl (C=O) groups excluding carboxylic acids is 1. The van der Waals surface area contributed by atoms with E-state index < -0.39 is 5.41 Å². The summed E-state index contributed by atoms with van der Waals surface area (Å²) in [6.45, 7) is 7.00. The lowest BCUT2D eigenvalue weighted by molar-refractivity contribution is -0.127. The highest BCUT2D eigenvalue weighted by Gasteiger charge is 2.48. The fourth-order valence-corrected chi connectivity index (χ4v) is 3.58. The van der Waals surface area contributed by atoms with Crippen molar-refractivity contribution < 1.29 is 9.32 Å². The third kappa shape index (κ3) is 2.60. The van der Waals surface area contributed by atoms with E-state index in [1.165, 1.54) is 6.42 Å². The molecule has 1 aromatic heterocycles. The molecule has 1 aliphatic carbocycles. The zero-order chi connectivity index (χ0) is 16.9. The number of benzene rings is 1. The first kappa shape index (κ1) is 15.9. The first-order valence-corrected chi connectivity index (χ1v) is 8.88. The van der Waals surface area contributed by atoms with E-state index in [2.05, 4.69) is 15.4 Å². The van der Waals surface area contributed by atoms with Gasteiger partial charge in [-0.25, -0.2) is 0 Å². The van der Waals surface area contributed by atoms with E-state index in [1.807, 2.05) is 26.0 Å². The molecule has 6 heteroatoms. The van der Waals surface area contributed by atoms with E-state index in [1.54, 1.807) is 6.07 Å². The largest absolute Gasteiger partial charge is 0.356 e. The van der Waals surface area contributed by atoms with Gasteiger partial charge in [0.05, 0.1) is 21.4 Å². The lowest BCUT2D eigenvalue weighted by Crippen LogP contribution is -2.53. The van der Waals surface area contributed by atoms with Crippen LogP contribution in [-0.4, -0.2) is 41.1 Å². The van der Waals surface area contributed by atoms with Crippen molar-refractivity contribution in [3.63, 3.8) is 0 Å². The zero-order valence-corrected chi connectivity index (χ0v) is 14.8. The summed E-state index contributed by atoms with van der Waals surface area (Å²) < 4.78 is 5.38. The zero-order valence-electron chi connectivity index (χ0n) is 14.1. The first-order valence-electron chi connectivity index (χ1n) is 8.51. The van der Waals surface area contributed by atoms with Gasteiger partial charge in [-0.15, -0.1) is 0 Å². The van der Waals surface area contributed by atoms with Gasteiger partial charge in [-0.05, 0) is 58.3 Å². The Morgan fingerprint density at radius 1 is 1.42 bits per heavy atom. The number of halogens is 1. The minimum absolute atomic E-state index is 0.0179. The third-order valence-corrected chi connectivity index (χ3v) is 5.63. The molecule has 0 bridgehead atoms. The van der Waals surface area contributed by atoms with Gasteiger partial charge in [0, 0.05) is 6.54 Å². The average Bonchev–Trinajstić information content (AvgIpc) is 3.09. The van der Waals surface area contributed by atoms with E-state index in [9.17, 15) is 4.79 Å². The van der Waals surface area contributed by atoms with Crippen molar-refractivity contribution in [3.8, 4) is 0 Å². The van der Waals surface area contributed by atoms with E-state index in [-0.39, 0.29) is 11.4 Å². The van der Waals surface area contributed by atoms with Gasteiger partial charge in [0.25, 0.3) is 0 Å². The lowest BCUT2D eigenvalue weighted by atomic mass is 9.85. The number of nitrogens with zero attached hydrogens (tertiary/aromatic N) is 2. The van der Waals surface area contributed by atoms with Crippen LogP contribution in [0.25, 0.3) is 11.0 Å². The summed E-state index contributed by atoms with van der Waals surface area (Å²) in [4.78, 5) is 15.4. The topological polar surface area (TPSA) is 58.4 Å². The van der Waals surface area contributed by atoms with Gasteiger partial charge in [-0.2, -0.15) is 0 Å². The van der Waals surface area contributed by atoms with Gasteiger partial charge in [0.15, 0.2) is 5.58 Å². The highest BCUT2D eigenvalue weighted by atomic mass is 35.5. The Labute approximate surface area is 146 Å². The highest BCUT2D eigenvalue weighted by molar-refractivity contribution is 6.35. The molecule has 0 radical (unpaired) electrons. The van der Waals surface area contributed by atoms with Crippen LogP contribution in [0.2, 0.25) is 5.02 Å². The molecule has 1 aliphatic heterocycles. The summed E-state index contributed by atoms with van der Waals surface area (Å²) in [5.74, 6) is -0.0179. The molecule has 0 atom stereocenters. The van der Waals surface area contributed by atoms with E-state index in [0.29, 0.717) is 16.3 Å². The molecule has 24 heavy (non-hydrogen) atoms. The van der Waals surface area contributed by atoms with E-state index >= 15 is 0 Å². The molecule has 2 aromatic rings. The molecule has 5 nitrogen and oxygen atoms in total. The second-order valence-corrected chi connectivity index (χ2v) is 8.04. The maximum atomic E-state index is 13.0. The Bertz CT molecular complexity index is 791. The maximum Gasteiger partial charge on any atom is 0.232 e. The summed E-state index contributed by atoms with van der Waals surface area (Å²) in [7, 11) is 0. The van der Waals surface area contributed by atoms with Crippen LogP contribution >= 0.6 is 11.6 Å². The highest BCUT2D eigenvalue weighted by Crippen LogP contribution is 2.40. The third-order valence-electron chi connectivity index (χ3n) is 5.31. The summed E-state index contributed by atoms with van der Waals surface area (Å²) in [6.07, 6.45) is 3.36. The smallest absolute Gasteiger partial charge is 0.232 e. The summed E-state index contributed by atoms with van der Waals surface area (Å²) in [5.41, 5.74) is 0.347. The second-order valence-electron chi connectivity index (χ2n) is 7.63. The van der Waals surface area contributed by atoms with Crippen LogP contribution in [0.15, 0.2) is 22.7 Å². The van der Waals surface area contributed by atoms with Gasteiger partial charge >= 0.3 is 0 Å². The van der Waals surface area contributed by atoms with Crippen molar-refractivity contribution in [1.29, 1.82) is 0 Å². The molecule has 4 rings (SSSR count). The van der Waals surface area contributed by atoms with Gasteiger partial charge in [-0.1, -0.05) is 22.8 Å². The Kier molecular flexibility index (Phi) is 3.62. The Balaban J connectivity index is 1.58. The van der Waals surface area contributed by atoms with Crippen molar-refractivity contribution >= 4 is 28.5 Å². The standard InChI is InChI=1S/C18H22ClN3O2/c1-17(2,15-14-12(19)5-3-6-13(14)24-21-15)16(23)20-18(7-8-18)11-22-9-4-10-22/h3,5-6H,4,7-11H2,1-2H3,(H,20,23). The number of fused-ring (bicyclic) bond motifs is 1. The molecule has 2 aliphatic rings. The van der Waals surface area contributed by atoms with Gasteiger partial charge in [0.1, 0.15) is 5.69 Å². The molecule has 1 N–H and O–H groups in total. The number of nitrogens with one attached hydrogen (secondary N) is 1.